The van der Waals surface area contributed by atoms with Gasteiger partial charge in [0, 0.05) is 0 Å². The molecule has 0 aliphatic rings. The van der Waals surface area contributed by atoms with Gasteiger partial charge in [0.1, 0.15) is 0 Å². The van der Waals surface area contributed by atoms with E-state index in [1.165, 1.54) is 0 Å². The average molecular weight is 131 g/mol. The zero-order chi connectivity index (χ0) is 4.28. The predicted molar refractivity (Wildman–Crippen MR) is 30.6 cm³/mol. The van der Waals surface area contributed by atoms with Crippen LogP contribution in [0.5, 0.6) is 0 Å². The molecule has 0 aliphatic heterocycles. The average Bonchev–Trinajstić information content (AvgIpc) is 1.38. The van der Waals surface area contributed by atoms with Crippen LogP contribution in [-0.4, -0.2) is 23.1 Å². The topological polar surface area (TPSA) is 0 Å². The molecular formula is C5H11ClMg. The van der Waals surface area contributed by atoms with Crippen molar-refractivity contribution >= 4 is 23.1 Å². The number of hydrogen-bond donors (Lipinski definition) is 0. The Bertz CT molecular complexity index is 22.0. The van der Waals surface area contributed by atoms with Crippen molar-refractivity contribution in [1.29, 1.82) is 0 Å². The van der Waals surface area contributed by atoms with Gasteiger partial charge in [0.15, 0.2) is 0 Å². The molecule has 2 heteroatoms. The molecule has 0 spiro atoms. The van der Waals surface area contributed by atoms with Crippen molar-refractivity contribution in [2.75, 3.05) is 0 Å². The smallest absolute Gasteiger partial charge is 1.00 e. The molecule has 0 saturated heterocycles. The van der Waals surface area contributed by atoms with Gasteiger partial charge in [-0.25, -0.2) is 0 Å². The Balaban J connectivity index is -0.0000000800. The summed E-state index contributed by atoms with van der Waals surface area (Å²) in [6.07, 6.45) is 1.06. The standard InChI is InChI=1S/C5H11.ClH.Mg/c1-4-5(2)3;;/h5H,1,4H2,2-3H3;1H;/q-1;;+2/p-1. The van der Waals surface area contributed by atoms with Crippen LogP contribution in [0.4, 0.5) is 0 Å². The van der Waals surface area contributed by atoms with Gasteiger partial charge in [0.25, 0.3) is 0 Å². The largest absolute Gasteiger partial charge is 2.00 e. The molecule has 0 aromatic heterocycles. The van der Waals surface area contributed by atoms with E-state index in [4.69, 9.17) is 0 Å². The van der Waals surface area contributed by atoms with Crippen LogP contribution < -0.4 is 12.4 Å². The quantitative estimate of drug-likeness (QED) is 0.299. The van der Waals surface area contributed by atoms with E-state index >= 15 is 0 Å². The summed E-state index contributed by atoms with van der Waals surface area (Å²) >= 11 is 0. The normalized spacial score (nSPS) is 6.86. The Labute approximate surface area is 68.6 Å². The van der Waals surface area contributed by atoms with Gasteiger partial charge >= 0.3 is 23.1 Å². The Morgan fingerprint density at radius 2 is 1.57 bits per heavy atom. The molecule has 0 aromatic rings. The van der Waals surface area contributed by atoms with E-state index in [2.05, 4.69) is 20.8 Å². The minimum atomic E-state index is 0. The molecular weight excluding hydrogens is 120 g/mol. The third-order valence-corrected chi connectivity index (χ3v) is 0.577. The third-order valence-electron chi connectivity index (χ3n) is 0.577. The predicted octanol–water partition coefficient (Wildman–Crippen LogP) is -1.51. The van der Waals surface area contributed by atoms with Crippen molar-refractivity contribution in [2.24, 2.45) is 5.92 Å². The molecule has 0 rings (SSSR count). The molecule has 0 aliphatic carbocycles. The van der Waals surface area contributed by atoms with Crippen LogP contribution in [0.15, 0.2) is 0 Å². The van der Waals surface area contributed by atoms with Gasteiger partial charge in [-0.2, -0.15) is 6.42 Å². The molecule has 0 N–H and O–H groups in total. The third kappa shape index (κ3) is 19.3. The zero-order valence-corrected chi connectivity index (χ0v) is 7.25. The number of rotatable bonds is 1. The van der Waals surface area contributed by atoms with Crippen LogP contribution in [0.1, 0.15) is 20.3 Å². The summed E-state index contributed by atoms with van der Waals surface area (Å²) in [6.45, 7) is 8.00. The van der Waals surface area contributed by atoms with Gasteiger partial charge in [0.2, 0.25) is 0 Å². The fraction of sp³-hybridized carbons (Fsp3) is 0.800. The number of halogens is 1. The first-order chi connectivity index (χ1) is 2.27. The Morgan fingerprint density at radius 1 is 1.43 bits per heavy atom. The molecule has 0 saturated carbocycles. The summed E-state index contributed by atoms with van der Waals surface area (Å²) in [6, 6.07) is 0. The summed E-state index contributed by atoms with van der Waals surface area (Å²) < 4.78 is 0. The van der Waals surface area contributed by atoms with Gasteiger partial charge in [-0.15, -0.1) is 0 Å². The van der Waals surface area contributed by atoms with Crippen LogP contribution in [0, 0.1) is 12.8 Å². The van der Waals surface area contributed by atoms with E-state index in [0.717, 1.165) is 12.3 Å². The molecule has 40 valence electrons. The molecule has 0 heterocycles. The molecule has 0 radical (unpaired) electrons. The first-order valence-electron chi connectivity index (χ1n) is 2.06. The van der Waals surface area contributed by atoms with Crippen molar-refractivity contribution < 1.29 is 12.4 Å². The van der Waals surface area contributed by atoms with Gasteiger partial charge < -0.3 is 19.3 Å². The van der Waals surface area contributed by atoms with E-state index in [1.54, 1.807) is 0 Å². The van der Waals surface area contributed by atoms with Crippen LogP contribution >= 0.6 is 0 Å². The first kappa shape index (κ1) is 15.7. The summed E-state index contributed by atoms with van der Waals surface area (Å²) in [7, 11) is 0. The molecule has 0 aromatic carbocycles. The van der Waals surface area contributed by atoms with Crippen LogP contribution in [0.25, 0.3) is 0 Å². The second-order valence-corrected chi connectivity index (χ2v) is 1.68. The molecule has 0 fully saturated rings. The maximum absolute atomic E-state index is 3.69. The minimum absolute atomic E-state index is 0. The molecule has 7 heavy (non-hydrogen) atoms. The van der Waals surface area contributed by atoms with E-state index in [0.29, 0.717) is 0 Å². The summed E-state index contributed by atoms with van der Waals surface area (Å²) in [5.41, 5.74) is 0. The van der Waals surface area contributed by atoms with E-state index in [1.807, 2.05) is 0 Å². The van der Waals surface area contributed by atoms with Crippen LogP contribution in [0.2, 0.25) is 0 Å². The van der Waals surface area contributed by atoms with Gasteiger partial charge in [-0.1, -0.05) is 19.8 Å². The van der Waals surface area contributed by atoms with Crippen molar-refractivity contribution in [3.05, 3.63) is 6.92 Å². The first-order valence-corrected chi connectivity index (χ1v) is 2.06. The second kappa shape index (κ2) is 10.1. The van der Waals surface area contributed by atoms with Crippen molar-refractivity contribution in [3.8, 4) is 0 Å². The maximum atomic E-state index is 3.69. The van der Waals surface area contributed by atoms with Gasteiger partial charge in [-0.3, -0.25) is 0 Å². The van der Waals surface area contributed by atoms with Crippen molar-refractivity contribution in [3.63, 3.8) is 0 Å². The molecule has 0 bridgehead atoms. The van der Waals surface area contributed by atoms with E-state index < -0.39 is 0 Å². The fourth-order valence-corrected chi connectivity index (χ4v) is 0. The van der Waals surface area contributed by atoms with E-state index in [9.17, 15) is 0 Å². The zero-order valence-electron chi connectivity index (χ0n) is 5.08. The molecule has 0 atom stereocenters. The monoisotopic (exact) mass is 130 g/mol. The molecule has 0 nitrogen and oxygen atoms in total. The summed E-state index contributed by atoms with van der Waals surface area (Å²) in [4.78, 5) is 0. The fourth-order valence-electron chi connectivity index (χ4n) is 0. The van der Waals surface area contributed by atoms with Crippen LogP contribution in [0.3, 0.4) is 0 Å². The van der Waals surface area contributed by atoms with Gasteiger partial charge in [-0.05, 0) is 0 Å². The maximum Gasteiger partial charge on any atom is 2.00 e. The minimum Gasteiger partial charge on any atom is -1.00 e. The number of hydrogen-bond acceptors (Lipinski definition) is 0. The molecule has 0 amide bonds. The molecule has 0 unspecified atom stereocenters. The Hall–Kier alpha value is 1.06. The SMILES string of the molecule is [CH2-]CC(C)C.[Cl-].[Mg+2]. The second-order valence-electron chi connectivity index (χ2n) is 1.68. The summed E-state index contributed by atoms with van der Waals surface area (Å²) in [5.74, 6) is 0.773. The van der Waals surface area contributed by atoms with Crippen molar-refractivity contribution in [2.45, 2.75) is 20.3 Å². The van der Waals surface area contributed by atoms with Crippen molar-refractivity contribution in [1.82, 2.24) is 0 Å². The Kier molecular flexibility index (Phi) is 22.7. The summed E-state index contributed by atoms with van der Waals surface area (Å²) in [5, 5.41) is 0. The Morgan fingerprint density at radius 3 is 1.57 bits per heavy atom. The van der Waals surface area contributed by atoms with E-state index in [-0.39, 0.29) is 35.5 Å². The van der Waals surface area contributed by atoms with Crippen LogP contribution in [-0.2, 0) is 0 Å². The van der Waals surface area contributed by atoms with Gasteiger partial charge in [0.05, 0.1) is 0 Å².